The molecule has 0 bridgehead atoms. The standard InChI is InChI=1S/C16H14ClN3S/c17-11-3-5-14-15(9-11)20-16(19-14)21-12-4-6-13-10(8-12)2-1-7-18-13/h1-3,5,7-9,12-13H,4,6H2,(H,19,20). The zero-order valence-corrected chi connectivity index (χ0v) is 12.9. The number of aromatic amines is 1. The third-order valence-electron chi connectivity index (χ3n) is 3.81. The summed E-state index contributed by atoms with van der Waals surface area (Å²) in [6.07, 6.45) is 10.6. The van der Waals surface area contributed by atoms with Crippen LogP contribution in [0, 0.1) is 0 Å². The molecule has 0 saturated carbocycles. The van der Waals surface area contributed by atoms with Gasteiger partial charge in [-0.15, -0.1) is 0 Å². The van der Waals surface area contributed by atoms with Crippen LogP contribution < -0.4 is 0 Å². The monoisotopic (exact) mass is 315 g/mol. The molecule has 21 heavy (non-hydrogen) atoms. The van der Waals surface area contributed by atoms with Crippen LogP contribution in [-0.2, 0) is 0 Å². The number of rotatable bonds is 2. The second-order valence-electron chi connectivity index (χ2n) is 5.28. The highest BCUT2D eigenvalue weighted by Crippen LogP contribution is 2.34. The lowest BCUT2D eigenvalue weighted by molar-refractivity contribution is 0.633. The van der Waals surface area contributed by atoms with Crippen molar-refractivity contribution in [2.24, 2.45) is 4.99 Å². The van der Waals surface area contributed by atoms with E-state index in [0.717, 1.165) is 34.1 Å². The molecule has 5 heteroatoms. The molecule has 4 rings (SSSR count). The lowest BCUT2D eigenvalue weighted by Gasteiger charge is -2.25. The Bertz CT molecular complexity index is 775. The zero-order chi connectivity index (χ0) is 14.2. The summed E-state index contributed by atoms with van der Waals surface area (Å²) in [5.74, 6) is 0. The van der Waals surface area contributed by atoms with Crippen LogP contribution in [0.15, 0.2) is 52.1 Å². The molecular formula is C16H14ClN3S. The number of allylic oxidation sites excluding steroid dienone is 1. The maximum Gasteiger partial charge on any atom is 0.166 e. The van der Waals surface area contributed by atoms with Gasteiger partial charge in [0.05, 0.1) is 17.1 Å². The average molecular weight is 316 g/mol. The van der Waals surface area contributed by atoms with Crippen molar-refractivity contribution >= 4 is 40.6 Å². The van der Waals surface area contributed by atoms with Gasteiger partial charge in [0.1, 0.15) is 0 Å². The fourth-order valence-corrected chi connectivity index (χ4v) is 4.04. The number of hydrogen-bond acceptors (Lipinski definition) is 3. The number of aliphatic imine (C=N–C) groups is 1. The number of imidazole rings is 1. The van der Waals surface area contributed by atoms with Gasteiger partial charge in [0, 0.05) is 16.5 Å². The number of H-pyrrole nitrogens is 1. The van der Waals surface area contributed by atoms with Gasteiger partial charge in [-0.25, -0.2) is 4.98 Å². The van der Waals surface area contributed by atoms with E-state index in [1.165, 1.54) is 5.57 Å². The van der Waals surface area contributed by atoms with Gasteiger partial charge in [-0.2, -0.15) is 0 Å². The summed E-state index contributed by atoms with van der Waals surface area (Å²) in [7, 11) is 0. The average Bonchev–Trinajstić information content (AvgIpc) is 2.88. The smallest absolute Gasteiger partial charge is 0.166 e. The van der Waals surface area contributed by atoms with E-state index < -0.39 is 0 Å². The number of nitrogens with one attached hydrogen (secondary N) is 1. The van der Waals surface area contributed by atoms with Crippen LogP contribution in [0.2, 0.25) is 5.02 Å². The predicted molar refractivity (Wildman–Crippen MR) is 89.5 cm³/mol. The summed E-state index contributed by atoms with van der Waals surface area (Å²) >= 11 is 7.79. The van der Waals surface area contributed by atoms with E-state index >= 15 is 0 Å². The van der Waals surface area contributed by atoms with Gasteiger partial charge in [0.2, 0.25) is 0 Å². The zero-order valence-electron chi connectivity index (χ0n) is 11.3. The summed E-state index contributed by atoms with van der Waals surface area (Å²) in [6.45, 7) is 0. The first-order valence-electron chi connectivity index (χ1n) is 7.01. The van der Waals surface area contributed by atoms with Crippen molar-refractivity contribution in [2.45, 2.75) is 29.3 Å². The molecule has 0 radical (unpaired) electrons. The van der Waals surface area contributed by atoms with Crippen molar-refractivity contribution in [1.82, 2.24) is 9.97 Å². The molecule has 0 spiro atoms. The third kappa shape index (κ3) is 2.65. The Morgan fingerprint density at radius 1 is 1.29 bits per heavy atom. The fraction of sp³-hybridized carbons (Fsp3) is 0.250. The van der Waals surface area contributed by atoms with Crippen LogP contribution in [0.5, 0.6) is 0 Å². The second-order valence-corrected chi connectivity index (χ2v) is 6.94. The summed E-state index contributed by atoms with van der Waals surface area (Å²) < 4.78 is 0. The second kappa shape index (κ2) is 5.35. The molecule has 0 saturated heterocycles. The van der Waals surface area contributed by atoms with Crippen LogP contribution in [0.3, 0.4) is 0 Å². The van der Waals surface area contributed by atoms with Gasteiger partial charge in [-0.3, -0.25) is 4.99 Å². The van der Waals surface area contributed by atoms with E-state index in [1.807, 2.05) is 30.5 Å². The van der Waals surface area contributed by atoms with Gasteiger partial charge >= 0.3 is 0 Å². The largest absolute Gasteiger partial charge is 0.333 e. The van der Waals surface area contributed by atoms with Gasteiger partial charge in [0.25, 0.3) is 0 Å². The number of hydrogen-bond donors (Lipinski definition) is 1. The lowest BCUT2D eigenvalue weighted by Crippen LogP contribution is -2.19. The molecule has 0 amide bonds. The first-order chi connectivity index (χ1) is 10.3. The first-order valence-corrected chi connectivity index (χ1v) is 8.27. The Hall–Kier alpha value is -1.52. The van der Waals surface area contributed by atoms with Crippen LogP contribution >= 0.6 is 23.4 Å². The number of aromatic nitrogens is 2. The molecule has 2 atom stereocenters. The highest BCUT2D eigenvalue weighted by Gasteiger charge is 2.23. The molecule has 1 aromatic carbocycles. The number of fused-ring (bicyclic) bond motifs is 2. The van der Waals surface area contributed by atoms with E-state index in [-0.39, 0.29) is 0 Å². The minimum Gasteiger partial charge on any atom is -0.333 e. The quantitative estimate of drug-likeness (QED) is 0.892. The molecule has 2 unspecified atom stereocenters. The van der Waals surface area contributed by atoms with E-state index in [2.05, 4.69) is 27.1 Å². The number of halogens is 1. The topological polar surface area (TPSA) is 41.0 Å². The predicted octanol–water partition coefficient (Wildman–Crippen LogP) is 4.41. The van der Waals surface area contributed by atoms with Gasteiger partial charge in [0.15, 0.2) is 5.16 Å². The van der Waals surface area contributed by atoms with Crippen LogP contribution in [-0.4, -0.2) is 27.5 Å². The highest BCUT2D eigenvalue weighted by molar-refractivity contribution is 7.99. The van der Waals surface area contributed by atoms with Crippen molar-refractivity contribution in [3.05, 3.63) is 47.0 Å². The van der Waals surface area contributed by atoms with E-state index in [4.69, 9.17) is 11.6 Å². The highest BCUT2D eigenvalue weighted by atomic mass is 35.5. The number of benzene rings is 1. The summed E-state index contributed by atoms with van der Waals surface area (Å²) in [5.41, 5.74) is 3.29. The minimum absolute atomic E-state index is 0.362. The molecule has 0 fully saturated rings. The number of nitrogens with zero attached hydrogens (tertiary/aromatic N) is 2. The number of thioether (sulfide) groups is 1. The van der Waals surface area contributed by atoms with E-state index in [0.29, 0.717) is 11.3 Å². The van der Waals surface area contributed by atoms with Crippen molar-refractivity contribution < 1.29 is 0 Å². The third-order valence-corrected chi connectivity index (χ3v) is 5.14. The van der Waals surface area contributed by atoms with Gasteiger partial charge in [-0.05, 0) is 42.7 Å². The summed E-state index contributed by atoms with van der Waals surface area (Å²) in [4.78, 5) is 12.5. The van der Waals surface area contributed by atoms with Gasteiger partial charge in [-0.1, -0.05) is 35.5 Å². The van der Waals surface area contributed by atoms with Crippen molar-refractivity contribution in [2.75, 3.05) is 0 Å². The first kappa shape index (κ1) is 13.2. The van der Waals surface area contributed by atoms with Crippen LogP contribution in [0.1, 0.15) is 12.8 Å². The molecule has 1 aliphatic heterocycles. The normalized spacial score (nSPS) is 24.1. The fourth-order valence-electron chi connectivity index (χ4n) is 2.78. The Labute approximate surface area is 132 Å². The number of dihydropyridines is 1. The SMILES string of the molecule is Clc1ccc2nc(SC3C=C4C=CC=NC4CC3)[nH]c2c1. The molecule has 3 nitrogen and oxygen atoms in total. The molecule has 2 aliphatic rings. The van der Waals surface area contributed by atoms with E-state index in [9.17, 15) is 0 Å². The molecule has 1 N–H and O–H groups in total. The van der Waals surface area contributed by atoms with Crippen molar-refractivity contribution in [3.63, 3.8) is 0 Å². The lowest BCUT2D eigenvalue weighted by atomic mass is 9.93. The van der Waals surface area contributed by atoms with E-state index in [1.54, 1.807) is 11.8 Å². The molecule has 1 aliphatic carbocycles. The molecule has 2 heterocycles. The van der Waals surface area contributed by atoms with Gasteiger partial charge < -0.3 is 4.98 Å². The molecule has 2 aromatic rings. The summed E-state index contributed by atoms with van der Waals surface area (Å²) in [5, 5.41) is 2.14. The van der Waals surface area contributed by atoms with Crippen LogP contribution in [0.4, 0.5) is 0 Å². The van der Waals surface area contributed by atoms with Crippen molar-refractivity contribution in [1.29, 1.82) is 0 Å². The molecular weight excluding hydrogens is 302 g/mol. The Balaban J connectivity index is 1.57. The summed E-state index contributed by atoms with van der Waals surface area (Å²) in [6, 6.07) is 6.10. The minimum atomic E-state index is 0.362. The molecule has 1 aromatic heterocycles. The Morgan fingerprint density at radius 3 is 3.19 bits per heavy atom. The maximum absolute atomic E-state index is 6.01. The van der Waals surface area contributed by atoms with Crippen LogP contribution in [0.25, 0.3) is 11.0 Å². The Kier molecular flexibility index (Phi) is 3.36. The molecule has 106 valence electrons. The van der Waals surface area contributed by atoms with Crippen molar-refractivity contribution in [3.8, 4) is 0 Å². The Morgan fingerprint density at radius 2 is 2.24 bits per heavy atom. The maximum atomic E-state index is 6.01.